The van der Waals surface area contributed by atoms with Crippen molar-refractivity contribution in [3.8, 4) is 0 Å². The summed E-state index contributed by atoms with van der Waals surface area (Å²) in [6.45, 7) is 2.39. The van der Waals surface area contributed by atoms with Gasteiger partial charge in [-0.25, -0.2) is 4.98 Å². The molecular formula is C17H21N3O3. The number of nitrogens with one attached hydrogen (secondary N) is 2. The lowest BCUT2D eigenvalue weighted by Gasteiger charge is -2.23. The lowest BCUT2D eigenvalue weighted by atomic mass is 9.92. The van der Waals surface area contributed by atoms with E-state index >= 15 is 0 Å². The van der Waals surface area contributed by atoms with Gasteiger partial charge >= 0.3 is 0 Å². The minimum Gasteiger partial charge on any atom is -0.438 e. The number of anilines is 1. The summed E-state index contributed by atoms with van der Waals surface area (Å²) < 4.78 is 10.6. The van der Waals surface area contributed by atoms with Crippen LogP contribution in [0.25, 0.3) is 11.1 Å². The Hall–Kier alpha value is -1.92. The molecular weight excluding hydrogens is 294 g/mol. The van der Waals surface area contributed by atoms with E-state index in [0.717, 1.165) is 43.6 Å². The molecule has 1 aromatic heterocycles. The predicted molar refractivity (Wildman–Crippen MR) is 86.0 cm³/mol. The van der Waals surface area contributed by atoms with Crippen molar-refractivity contribution >= 4 is 22.7 Å². The number of benzene rings is 1. The van der Waals surface area contributed by atoms with Crippen LogP contribution in [0.15, 0.2) is 22.6 Å². The van der Waals surface area contributed by atoms with Gasteiger partial charge in [-0.3, -0.25) is 4.79 Å². The van der Waals surface area contributed by atoms with Gasteiger partial charge in [0.25, 0.3) is 0 Å². The fourth-order valence-electron chi connectivity index (χ4n) is 3.66. The number of ether oxygens (including phenoxy) is 1. The minimum atomic E-state index is 0.131. The fraction of sp³-hybridized carbons (Fsp3) is 0.529. The summed E-state index contributed by atoms with van der Waals surface area (Å²) in [5.41, 5.74) is 2.47. The lowest BCUT2D eigenvalue weighted by molar-refractivity contribution is -0.118. The normalized spacial score (nSPS) is 22.4. The molecule has 0 bridgehead atoms. The van der Waals surface area contributed by atoms with E-state index in [1.54, 1.807) is 7.11 Å². The Bertz CT molecular complexity index is 734. The third kappa shape index (κ3) is 2.72. The van der Waals surface area contributed by atoms with Gasteiger partial charge in [-0.1, -0.05) is 0 Å². The molecule has 2 N–H and O–H groups in total. The third-order valence-electron chi connectivity index (χ3n) is 5.07. The molecule has 2 aromatic rings. The Morgan fingerprint density at radius 1 is 1.48 bits per heavy atom. The highest BCUT2D eigenvalue weighted by atomic mass is 16.5. The molecule has 1 spiro atoms. The third-order valence-corrected chi connectivity index (χ3v) is 5.07. The molecule has 0 radical (unpaired) electrons. The summed E-state index contributed by atoms with van der Waals surface area (Å²) >= 11 is 0. The number of rotatable bonds is 4. The molecule has 2 heterocycles. The molecule has 4 rings (SSSR count). The van der Waals surface area contributed by atoms with Crippen LogP contribution in [0.4, 0.5) is 5.69 Å². The highest BCUT2D eigenvalue weighted by Gasteiger charge is 2.57. The zero-order valence-corrected chi connectivity index (χ0v) is 13.2. The van der Waals surface area contributed by atoms with E-state index < -0.39 is 0 Å². The number of aromatic nitrogens is 1. The summed E-state index contributed by atoms with van der Waals surface area (Å²) in [7, 11) is 1.60. The van der Waals surface area contributed by atoms with E-state index in [2.05, 4.69) is 15.6 Å². The second-order valence-corrected chi connectivity index (χ2v) is 6.58. The van der Waals surface area contributed by atoms with Crippen molar-refractivity contribution in [2.24, 2.45) is 11.3 Å². The molecule has 122 valence electrons. The maximum atomic E-state index is 12.5. The fourth-order valence-corrected chi connectivity index (χ4v) is 3.66. The maximum absolute atomic E-state index is 12.5. The number of methoxy groups -OCH3 is 1. The summed E-state index contributed by atoms with van der Waals surface area (Å²) in [6, 6.07) is 5.55. The number of oxazole rings is 1. The lowest BCUT2D eigenvalue weighted by Crippen LogP contribution is -2.31. The molecule has 1 aliphatic heterocycles. The van der Waals surface area contributed by atoms with E-state index in [-0.39, 0.29) is 17.2 Å². The van der Waals surface area contributed by atoms with E-state index in [4.69, 9.17) is 9.15 Å². The van der Waals surface area contributed by atoms with Gasteiger partial charge in [-0.15, -0.1) is 0 Å². The largest absolute Gasteiger partial charge is 0.438 e. The molecule has 1 unspecified atom stereocenters. The summed E-state index contributed by atoms with van der Waals surface area (Å²) in [4.78, 5) is 16.9. The number of piperidine rings is 1. The van der Waals surface area contributed by atoms with Gasteiger partial charge < -0.3 is 19.8 Å². The van der Waals surface area contributed by atoms with Crippen molar-refractivity contribution in [1.82, 2.24) is 10.3 Å². The number of fused-ring (bicyclic) bond motifs is 1. The van der Waals surface area contributed by atoms with Gasteiger partial charge in [0.1, 0.15) is 12.1 Å². The van der Waals surface area contributed by atoms with Crippen molar-refractivity contribution in [1.29, 1.82) is 0 Å². The first-order chi connectivity index (χ1) is 11.2. The van der Waals surface area contributed by atoms with Crippen molar-refractivity contribution in [2.75, 3.05) is 25.5 Å². The van der Waals surface area contributed by atoms with Crippen LogP contribution in [0, 0.1) is 11.3 Å². The van der Waals surface area contributed by atoms with Crippen LogP contribution < -0.4 is 10.6 Å². The van der Waals surface area contributed by atoms with E-state index in [9.17, 15) is 4.79 Å². The van der Waals surface area contributed by atoms with Crippen LogP contribution in [0.5, 0.6) is 0 Å². The van der Waals surface area contributed by atoms with Crippen LogP contribution in [-0.4, -0.2) is 31.1 Å². The van der Waals surface area contributed by atoms with Gasteiger partial charge in [0.15, 0.2) is 5.58 Å². The van der Waals surface area contributed by atoms with Crippen LogP contribution in [-0.2, 0) is 16.1 Å². The Morgan fingerprint density at radius 3 is 3.09 bits per heavy atom. The Kier molecular flexibility index (Phi) is 3.58. The average molecular weight is 315 g/mol. The smallest absolute Gasteiger partial charge is 0.228 e. The van der Waals surface area contributed by atoms with Crippen LogP contribution >= 0.6 is 0 Å². The van der Waals surface area contributed by atoms with Crippen LogP contribution in [0.1, 0.15) is 25.2 Å². The molecule has 2 aliphatic rings. The van der Waals surface area contributed by atoms with Gasteiger partial charge in [-0.2, -0.15) is 0 Å². The molecule has 1 amide bonds. The SMILES string of the molecule is COCc1nc2cc(NC(=O)C3CC34CCNCC4)ccc2o1. The number of carbonyl (C=O) groups is 1. The number of hydrogen-bond acceptors (Lipinski definition) is 5. The summed E-state index contributed by atoms with van der Waals surface area (Å²) in [6.07, 6.45) is 3.23. The molecule has 1 saturated carbocycles. The molecule has 1 saturated heterocycles. The van der Waals surface area contributed by atoms with E-state index in [1.165, 1.54) is 0 Å². The van der Waals surface area contributed by atoms with Crippen molar-refractivity contribution in [3.05, 3.63) is 24.1 Å². The van der Waals surface area contributed by atoms with Crippen molar-refractivity contribution in [2.45, 2.75) is 25.9 Å². The second-order valence-electron chi connectivity index (χ2n) is 6.58. The average Bonchev–Trinajstić information content (AvgIpc) is 3.08. The first-order valence-corrected chi connectivity index (χ1v) is 8.10. The zero-order chi connectivity index (χ0) is 15.9. The Morgan fingerprint density at radius 2 is 2.30 bits per heavy atom. The standard InChI is InChI=1S/C17H21N3O3/c1-22-10-15-20-13-8-11(2-3-14(13)23-15)19-16(21)12-9-17(12)4-6-18-7-5-17/h2-3,8,12,18H,4-7,9-10H2,1H3,(H,19,21). The highest BCUT2D eigenvalue weighted by molar-refractivity contribution is 5.96. The molecule has 6 heteroatoms. The molecule has 1 aliphatic carbocycles. The molecule has 1 atom stereocenters. The molecule has 6 nitrogen and oxygen atoms in total. The van der Waals surface area contributed by atoms with Gasteiger partial charge in [-0.05, 0) is 56.0 Å². The monoisotopic (exact) mass is 315 g/mol. The van der Waals surface area contributed by atoms with Crippen LogP contribution in [0.3, 0.4) is 0 Å². The molecule has 23 heavy (non-hydrogen) atoms. The van der Waals surface area contributed by atoms with Crippen molar-refractivity contribution in [3.63, 3.8) is 0 Å². The topological polar surface area (TPSA) is 76.4 Å². The predicted octanol–water partition coefficient (Wildman–Crippen LogP) is 2.30. The van der Waals surface area contributed by atoms with Crippen LogP contribution in [0.2, 0.25) is 0 Å². The zero-order valence-electron chi connectivity index (χ0n) is 13.2. The Labute approximate surface area is 134 Å². The first-order valence-electron chi connectivity index (χ1n) is 8.10. The number of carbonyl (C=O) groups excluding carboxylic acids is 1. The Balaban J connectivity index is 1.46. The van der Waals surface area contributed by atoms with Gasteiger partial charge in [0, 0.05) is 18.7 Å². The first kappa shape index (κ1) is 14.7. The summed E-state index contributed by atoms with van der Waals surface area (Å²) in [5.74, 6) is 0.829. The van der Waals surface area contributed by atoms with E-state index in [1.807, 2.05) is 18.2 Å². The van der Waals surface area contributed by atoms with Gasteiger partial charge in [0.2, 0.25) is 11.8 Å². The van der Waals surface area contributed by atoms with Gasteiger partial charge in [0.05, 0.1) is 0 Å². The molecule has 2 fully saturated rings. The van der Waals surface area contributed by atoms with Crippen molar-refractivity contribution < 1.29 is 13.9 Å². The summed E-state index contributed by atoms with van der Waals surface area (Å²) in [5, 5.41) is 6.40. The maximum Gasteiger partial charge on any atom is 0.228 e. The quantitative estimate of drug-likeness (QED) is 0.905. The number of amides is 1. The number of nitrogens with zero attached hydrogens (tertiary/aromatic N) is 1. The van der Waals surface area contributed by atoms with E-state index in [0.29, 0.717) is 18.1 Å². The highest BCUT2D eigenvalue weighted by Crippen LogP contribution is 2.58. The number of hydrogen-bond donors (Lipinski definition) is 2. The molecule has 1 aromatic carbocycles. The minimum absolute atomic E-state index is 0.131. The second kappa shape index (κ2) is 5.62.